The third-order valence-corrected chi connectivity index (χ3v) is 7.81. The van der Waals surface area contributed by atoms with Crippen LogP contribution in [0.2, 0.25) is 0 Å². The molecule has 3 heterocycles. The van der Waals surface area contributed by atoms with Crippen LogP contribution >= 0.6 is 0 Å². The van der Waals surface area contributed by atoms with E-state index < -0.39 is 36.2 Å². The first-order valence-corrected chi connectivity index (χ1v) is 14.1. The second kappa shape index (κ2) is 12.6. The average molecular weight is 617 g/mol. The molecule has 1 aromatic heterocycles. The number of ether oxygens (including phenoxy) is 2. The van der Waals surface area contributed by atoms with Gasteiger partial charge in [0.1, 0.15) is 23.7 Å². The van der Waals surface area contributed by atoms with Crippen molar-refractivity contribution in [1.29, 1.82) is 0 Å². The van der Waals surface area contributed by atoms with Gasteiger partial charge in [-0.05, 0) is 69.7 Å². The molecule has 14 heteroatoms. The first kappa shape index (κ1) is 31.0. The Morgan fingerprint density at radius 1 is 1.14 bits per heavy atom. The maximum atomic E-state index is 14.0. The van der Waals surface area contributed by atoms with Crippen molar-refractivity contribution in [3.8, 4) is 17.4 Å². The summed E-state index contributed by atoms with van der Waals surface area (Å²) in [6.07, 6.45) is -2.62. The highest BCUT2D eigenvalue weighted by Crippen LogP contribution is 2.42. The molecule has 2 aliphatic rings. The maximum Gasteiger partial charge on any atom is 0.423 e. The molecule has 2 N–H and O–H groups in total. The second-order valence-corrected chi connectivity index (χ2v) is 10.7. The maximum absolute atomic E-state index is 14.0. The third kappa shape index (κ3) is 6.39. The average Bonchev–Trinajstić information content (AvgIpc) is 3.23. The van der Waals surface area contributed by atoms with Crippen LogP contribution in [0, 0.1) is 0 Å². The molecule has 1 saturated heterocycles. The Labute approximate surface area is 251 Å². The van der Waals surface area contributed by atoms with Gasteiger partial charge in [-0.1, -0.05) is 12.1 Å². The number of alkyl halides is 4. The van der Waals surface area contributed by atoms with Crippen molar-refractivity contribution in [2.75, 3.05) is 45.8 Å². The van der Waals surface area contributed by atoms with Gasteiger partial charge in [0.25, 0.3) is 11.8 Å². The molecule has 0 saturated carbocycles. The molecule has 3 aromatic rings. The van der Waals surface area contributed by atoms with Gasteiger partial charge in [-0.15, -0.1) is 0 Å². The summed E-state index contributed by atoms with van der Waals surface area (Å²) in [5, 5.41) is 5.85. The van der Waals surface area contributed by atoms with E-state index in [1.165, 1.54) is 30.2 Å². The molecule has 2 aliphatic heterocycles. The lowest BCUT2D eigenvalue weighted by Crippen LogP contribution is -2.43. The van der Waals surface area contributed by atoms with Crippen molar-refractivity contribution in [2.24, 2.45) is 0 Å². The molecule has 1 atom stereocenters. The number of carbonyl (C=O) groups excluding carboxylic acids is 2. The van der Waals surface area contributed by atoms with Crippen LogP contribution in [0.1, 0.15) is 57.7 Å². The number of nitrogens with zero attached hydrogens (tertiary/aromatic N) is 4. The zero-order valence-electron chi connectivity index (χ0n) is 24.4. The van der Waals surface area contributed by atoms with Gasteiger partial charge in [0.2, 0.25) is 11.8 Å². The van der Waals surface area contributed by atoms with Gasteiger partial charge in [-0.2, -0.15) is 18.2 Å². The number of carbonyl (C=O) groups is 2. The number of likely N-dealkylation sites (tertiary alicyclic amines) is 1. The van der Waals surface area contributed by atoms with Gasteiger partial charge in [0.15, 0.2) is 0 Å². The lowest BCUT2D eigenvalue weighted by Gasteiger charge is -2.29. The Hall–Kier alpha value is -4.46. The molecule has 0 aliphatic carbocycles. The Bertz CT molecular complexity index is 1540. The summed E-state index contributed by atoms with van der Waals surface area (Å²) < 4.78 is 66.0. The largest absolute Gasteiger partial charge is 0.495 e. The minimum atomic E-state index is -4.87. The van der Waals surface area contributed by atoms with Gasteiger partial charge in [-0.3, -0.25) is 9.59 Å². The molecule has 2 aromatic carbocycles. The minimum absolute atomic E-state index is 0.0467. The highest BCUT2D eigenvalue weighted by atomic mass is 19.4. The second-order valence-electron chi connectivity index (χ2n) is 10.7. The number of hydrogen-bond acceptors (Lipinski definition) is 8. The number of methoxy groups -OCH3 is 1. The van der Waals surface area contributed by atoms with Crippen LogP contribution in [0.4, 0.5) is 29.2 Å². The van der Waals surface area contributed by atoms with Crippen LogP contribution < -0.4 is 20.1 Å². The number of halogens is 4. The number of amides is 2. The van der Waals surface area contributed by atoms with Crippen molar-refractivity contribution in [3.63, 3.8) is 0 Å². The fourth-order valence-corrected chi connectivity index (χ4v) is 5.36. The molecule has 234 valence electrons. The van der Waals surface area contributed by atoms with Gasteiger partial charge < -0.3 is 29.9 Å². The fourth-order valence-electron chi connectivity index (χ4n) is 5.36. The molecule has 1 fully saturated rings. The van der Waals surface area contributed by atoms with E-state index in [2.05, 4.69) is 25.5 Å². The van der Waals surface area contributed by atoms with E-state index in [9.17, 15) is 27.2 Å². The predicted octanol–water partition coefficient (Wildman–Crippen LogP) is 5.35. The van der Waals surface area contributed by atoms with E-state index in [0.717, 1.165) is 25.9 Å². The number of anilines is 2. The summed E-state index contributed by atoms with van der Waals surface area (Å²) >= 11 is 0. The van der Waals surface area contributed by atoms with Crippen LogP contribution in [0.5, 0.6) is 17.4 Å². The Balaban J connectivity index is 1.40. The molecular formula is C30H32F4N6O4. The SMILES string of the molecule is COc1cc(C(=O)NC2CCN(C)CC2)ccc1Nc1ncc(C(F)(F)F)c(Oc2cccc3c2C(=O)N(CCF)[C@H]3C)n1. The Kier molecular flexibility index (Phi) is 8.90. The molecule has 10 nitrogen and oxygen atoms in total. The van der Waals surface area contributed by atoms with Gasteiger partial charge in [0.05, 0.1) is 24.4 Å². The summed E-state index contributed by atoms with van der Waals surface area (Å²) in [4.78, 5) is 37.2. The smallest absolute Gasteiger partial charge is 0.423 e. The normalized spacial score (nSPS) is 17.4. The van der Waals surface area contributed by atoms with E-state index >= 15 is 0 Å². The molecule has 2 amide bonds. The van der Waals surface area contributed by atoms with Crippen LogP contribution in [0.3, 0.4) is 0 Å². The first-order valence-electron chi connectivity index (χ1n) is 14.1. The number of piperidine rings is 1. The lowest BCUT2D eigenvalue weighted by molar-refractivity contribution is -0.139. The van der Waals surface area contributed by atoms with Crippen molar-refractivity contribution in [1.82, 2.24) is 25.1 Å². The van der Waals surface area contributed by atoms with Crippen LogP contribution in [0.25, 0.3) is 0 Å². The lowest BCUT2D eigenvalue weighted by atomic mass is 10.0. The van der Waals surface area contributed by atoms with E-state index in [1.807, 2.05) is 7.05 Å². The summed E-state index contributed by atoms with van der Waals surface area (Å²) in [6, 6.07) is 8.71. The topological polar surface area (TPSA) is 109 Å². The van der Waals surface area contributed by atoms with Crippen LogP contribution in [-0.2, 0) is 6.18 Å². The highest BCUT2D eigenvalue weighted by Gasteiger charge is 2.39. The van der Waals surface area contributed by atoms with Crippen molar-refractivity contribution in [2.45, 2.75) is 38.0 Å². The standard InChI is InChI=1S/C30H32F4N6O4/c1-17-20-5-4-6-23(25(20)28(42)40(17)14-11-31)44-27-21(30(32,33)34)16-35-29(38-27)37-22-8-7-18(15-24(22)43-3)26(41)36-19-9-12-39(2)13-10-19/h4-8,15-17,19H,9-14H2,1-3H3,(H,36,41)(H,35,37,38)/t17-/m0/s1. The molecule has 0 bridgehead atoms. The highest BCUT2D eigenvalue weighted by molar-refractivity contribution is 6.02. The van der Waals surface area contributed by atoms with Gasteiger partial charge >= 0.3 is 6.18 Å². The number of benzene rings is 2. The molecule has 44 heavy (non-hydrogen) atoms. The summed E-state index contributed by atoms with van der Waals surface area (Å²) in [5.41, 5.74) is -0.0624. The van der Waals surface area contributed by atoms with Crippen molar-refractivity contribution in [3.05, 3.63) is 64.8 Å². The zero-order chi connectivity index (χ0) is 31.6. The van der Waals surface area contributed by atoms with E-state index in [4.69, 9.17) is 9.47 Å². The molecule has 0 radical (unpaired) electrons. The molecule has 0 unspecified atom stereocenters. The number of rotatable bonds is 9. The number of hydrogen-bond donors (Lipinski definition) is 2. The molecular weight excluding hydrogens is 584 g/mol. The number of fused-ring (bicyclic) bond motifs is 1. The molecule has 5 rings (SSSR count). The molecule has 0 spiro atoms. The fraction of sp³-hybridized carbons (Fsp3) is 0.400. The van der Waals surface area contributed by atoms with E-state index in [1.54, 1.807) is 25.1 Å². The minimum Gasteiger partial charge on any atom is -0.495 e. The zero-order valence-corrected chi connectivity index (χ0v) is 24.4. The van der Waals surface area contributed by atoms with Gasteiger partial charge in [-0.25, -0.2) is 9.37 Å². The van der Waals surface area contributed by atoms with E-state index in [0.29, 0.717) is 23.0 Å². The quantitative estimate of drug-likeness (QED) is 0.310. The first-order chi connectivity index (χ1) is 21.0. The Morgan fingerprint density at radius 2 is 1.89 bits per heavy atom. The van der Waals surface area contributed by atoms with Crippen LogP contribution in [-0.4, -0.2) is 78.1 Å². The summed E-state index contributed by atoms with van der Waals surface area (Å²) in [7, 11) is 3.42. The third-order valence-electron chi connectivity index (χ3n) is 7.81. The summed E-state index contributed by atoms with van der Waals surface area (Å²) in [6.45, 7) is 2.54. The van der Waals surface area contributed by atoms with Crippen molar-refractivity contribution < 1.29 is 36.6 Å². The monoisotopic (exact) mass is 616 g/mol. The van der Waals surface area contributed by atoms with Crippen LogP contribution in [0.15, 0.2) is 42.6 Å². The Morgan fingerprint density at radius 3 is 2.57 bits per heavy atom. The van der Waals surface area contributed by atoms with Crippen molar-refractivity contribution >= 4 is 23.5 Å². The van der Waals surface area contributed by atoms with Gasteiger partial charge in [0, 0.05) is 24.3 Å². The predicted molar refractivity (Wildman–Crippen MR) is 153 cm³/mol. The number of nitrogens with one attached hydrogen (secondary N) is 2. The summed E-state index contributed by atoms with van der Waals surface area (Å²) in [5.74, 6) is -1.81. The van der Waals surface area contributed by atoms with E-state index in [-0.39, 0.29) is 41.5 Å². The number of aromatic nitrogens is 2.